The van der Waals surface area contributed by atoms with Crippen LogP contribution in [0.15, 0.2) is 36.5 Å². The summed E-state index contributed by atoms with van der Waals surface area (Å²) in [7, 11) is 0. The van der Waals surface area contributed by atoms with Crippen LogP contribution in [0, 0.1) is 18.7 Å². The van der Waals surface area contributed by atoms with Gasteiger partial charge in [0.15, 0.2) is 0 Å². The van der Waals surface area contributed by atoms with E-state index in [0.717, 1.165) is 11.3 Å². The molecule has 1 saturated heterocycles. The lowest BCUT2D eigenvalue weighted by Gasteiger charge is -2.17. The van der Waals surface area contributed by atoms with Gasteiger partial charge in [-0.25, -0.2) is 4.39 Å². The SMILES string of the molecule is Cc1ccnn1CCC(=O)N1C[C@H](C(=O)O)[C@@H](c2ccc(F)cc2)C1. The summed E-state index contributed by atoms with van der Waals surface area (Å²) in [5.41, 5.74) is 1.72. The van der Waals surface area contributed by atoms with Crippen molar-refractivity contribution in [3.8, 4) is 0 Å². The smallest absolute Gasteiger partial charge is 0.308 e. The minimum absolute atomic E-state index is 0.0919. The maximum absolute atomic E-state index is 13.1. The molecule has 1 aromatic carbocycles. The summed E-state index contributed by atoms with van der Waals surface area (Å²) in [6.07, 6.45) is 1.95. The fourth-order valence-electron chi connectivity index (χ4n) is 3.30. The second-order valence-corrected chi connectivity index (χ2v) is 6.35. The summed E-state index contributed by atoms with van der Waals surface area (Å²) in [5.74, 6) is -2.40. The normalized spacial score (nSPS) is 20.0. The highest BCUT2D eigenvalue weighted by Crippen LogP contribution is 2.33. The molecule has 7 heteroatoms. The van der Waals surface area contributed by atoms with Gasteiger partial charge in [0.05, 0.1) is 5.92 Å². The molecule has 0 spiro atoms. The number of halogens is 1. The number of amides is 1. The van der Waals surface area contributed by atoms with Crippen molar-refractivity contribution < 1.29 is 19.1 Å². The van der Waals surface area contributed by atoms with Crippen LogP contribution in [-0.4, -0.2) is 44.8 Å². The van der Waals surface area contributed by atoms with Gasteiger partial charge in [-0.05, 0) is 30.7 Å². The lowest BCUT2D eigenvalue weighted by molar-refractivity contribution is -0.141. The summed E-state index contributed by atoms with van der Waals surface area (Å²) in [6.45, 7) is 2.89. The van der Waals surface area contributed by atoms with Gasteiger partial charge in [0, 0.05) is 43.9 Å². The highest BCUT2D eigenvalue weighted by atomic mass is 19.1. The molecular formula is C18H20FN3O3. The molecule has 6 nitrogen and oxygen atoms in total. The number of aliphatic carboxylic acids is 1. The monoisotopic (exact) mass is 345 g/mol. The van der Waals surface area contributed by atoms with Crippen LogP contribution in [0.1, 0.15) is 23.6 Å². The summed E-state index contributed by atoms with van der Waals surface area (Å²) < 4.78 is 14.9. The Morgan fingerprint density at radius 3 is 2.56 bits per heavy atom. The van der Waals surface area contributed by atoms with E-state index >= 15 is 0 Å². The number of carboxylic acid groups (broad SMARTS) is 1. The van der Waals surface area contributed by atoms with E-state index in [1.54, 1.807) is 27.9 Å². The van der Waals surface area contributed by atoms with E-state index in [2.05, 4.69) is 5.10 Å². The number of rotatable bonds is 5. The Bertz CT molecular complexity index is 772. The first kappa shape index (κ1) is 17.1. The molecule has 2 aromatic rings. The standard InChI is InChI=1S/C18H20FN3O3/c1-12-6-8-20-22(12)9-7-17(23)21-10-15(16(11-21)18(24)25)13-2-4-14(19)5-3-13/h2-6,8,15-16H,7,9-11H2,1H3,(H,24,25)/t15-,16+/m1/s1. The number of hydrogen-bond donors (Lipinski definition) is 1. The van der Waals surface area contributed by atoms with E-state index in [9.17, 15) is 19.1 Å². The van der Waals surface area contributed by atoms with Crippen molar-refractivity contribution in [2.75, 3.05) is 13.1 Å². The zero-order valence-electron chi connectivity index (χ0n) is 13.9. The molecule has 1 amide bonds. The molecule has 1 aromatic heterocycles. The zero-order valence-corrected chi connectivity index (χ0v) is 13.9. The molecule has 1 N–H and O–H groups in total. The van der Waals surface area contributed by atoms with Crippen LogP contribution in [-0.2, 0) is 16.1 Å². The van der Waals surface area contributed by atoms with Crippen molar-refractivity contribution >= 4 is 11.9 Å². The van der Waals surface area contributed by atoms with E-state index in [4.69, 9.17) is 0 Å². The van der Waals surface area contributed by atoms with Gasteiger partial charge in [0.25, 0.3) is 0 Å². The predicted octanol–water partition coefficient (Wildman–Crippen LogP) is 2.05. The highest BCUT2D eigenvalue weighted by Gasteiger charge is 2.40. The molecule has 0 aliphatic carbocycles. The van der Waals surface area contributed by atoms with Crippen LogP contribution < -0.4 is 0 Å². The van der Waals surface area contributed by atoms with Crippen LogP contribution in [0.2, 0.25) is 0 Å². The third-order valence-corrected chi connectivity index (χ3v) is 4.75. The van der Waals surface area contributed by atoms with Gasteiger partial charge in [-0.2, -0.15) is 5.10 Å². The molecule has 0 unspecified atom stereocenters. The first-order chi connectivity index (χ1) is 12.0. The molecule has 0 radical (unpaired) electrons. The Labute approximate surface area is 144 Å². The average molecular weight is 345 g/mol. The Kier molecular flexibility index (Phi) is 4.83. The van der Waals surface area contributed by atoms with Crippen molar-refractivity contribution in [1.82, 2.24) is 14.7 Å². The van der Waals surface area contributed by atoms with Crippen LogP contribution in [0.25, 0.3) is 0 Å². The molecule has 25 heavy (non-hydrogen) atoms. The molecule has 0 bridgehead atoms. The Balaban J connectivity index is 1.68. The first-order valence-electron chi connectivity index (χ1n) is 8.20. The van der Waals surface area contributed by atoms with E-state index in [1.165, 1.54) is 12.1 Å². The topological polar surface area (TPSA) is 75.4 Å². The first-order valence-corrected chi connectivity index (χ1v) is 8.20. The van der Waals surface area contributed by atoms with Gasteiger partial charge in [0.2, 0.25) is 5.91 Å². The van der Waals surface area contributed by atoms with Gasteiger partial charge >= 0.3 is 5.97 Å². The minimum atomic E-state index is -0.937. The fraction of sp³-hybridized carbons (Fsp3) is 0.389. The lowest BCUT2D eigenvalue weighted by atomic mass is 9.89. The molecule has 1 fully saturated rings. The van der Waals surface area contributed by atoms with Gasteiger partial charge in [-0.3, -0.25) is 14.3 Å². The number of carbonyl (C=O) groups excluding carboxylic acids is 1. The number of nitrogens with zero attached hydrogens (tertiary/aromatic N) is 3. The van der Waals surface area contributed by atoms with Crippen LogP contribution in [0.3, 0.4) is 0 Å². The molecule has 0 saturated carbocycles. The maximum Gasteiger partial charge on any atom is 0.308 e. The fourth-order valence-corrected chi connectivity index (χ4v) is 3.30. The number of carbonyl (C=O) groups is 2. The van der Waals surface area contributed by atoms with Gasteiger partial charge in [0.1, 0.15) is 5.82 Å². The van der Waals surface area contributed by atoms with E-state index < -0.39 is 11.9 Å². The maximum atomic E-state index is 13.1. The van der Waals surface area contributed by atoms with Gasteiger partial charge < -0.3 is 10.0 Å². The molecule has 1 aliphatic rings. The number of hydrogen-bond acceptors (Lipinski definition) is 3. The van der Waals surface area contributed by atoms with Crippen molar-refractivity contribution in [3.05, 3.63) is 53.6 Å². The molecule has 2 heterocycles. The minimum Gasteiger partial charge on any atom is -0.481 e. The molecule has 1 aliphatic heterocycles. The van der Waals surface area contributed by atoms with Crippen LogP contribution >= 0.6 is 0 Å². The Hall–Kier alpha value is -2.70. The largest absolute Gasteiger partial charge is 0.481 e. The van der Waals surface area contributed by atoms with Crippen molar-refractivity contribution in [2.45, 2.75) is 25.8 Å². The molecule has 132 valence electrons. The Morgan fingerprint density at radius 1 is 1.24 bits per heavy atom. The average Bonchev–Trinajstić information content (AvgIpc) is 3.20. The van der Waals surface area contributed by atoms with Gasteiger partial charge in [-0.1, -0.05) is 12.1 Å². The van der Waals surface area contributed by atoms with Crippen LogP contribution in [0.5, 0.6) is 0 Å². The predicted molar refractivity (Wildman–Crippen MR) is 88.4 cm³/mol. The third kappa shape index (κ3) is 3.70. The number of likely N-dealkylation sites (tertiary alicyclic amines) is 1. The van der Waals surface area contributed by atoms with E-state index in [-0.39, 0.29) is 30.6 Å². The second-order valence-electron chi connectivity index (χ2n) is 6.35. The highest BCUT2D eigenvalue weighted by molar-refractivity contribution is 5.79. The number of carboxylic acids is 1. The lowest BCUT2D eigenvalue weighted by Crippen LogP contribution is -2.30. The van der Waals surface area contributed by atoms with Crippen molar-refractivity contribution in [3.63, 3.8) is 0 Å². The quantitative estimate of drug-likeness (QED) is 0.900. The van der Waals surface area contributed by atoms with Crippen molar-refractivity contribution in [1.29, 1.82) is 0 Å². The second kappa shape index (κ2) is 7.04. The van der Waals surface area contributed by atoms with Gasteiger partial charge in [-0.15, -0.1) is 0 Å². The van der Waals surface area contributed by atoms with Crippen LogP contribution in [0.4, 0.5) is 4.39 Å². The summed E-state index contributed by atoms with van der Waals surface area (Å²) in [4.78, 5) is 25.7. The molecule has 3 rings (SSSR count). The number of aromatic nitrogens is 2. The number of aryl methyl sites for hydroxylation is 2. The zero-order chi connectivity index (χ0) is 18.0. The molecular weight excluding hydrogens is 325 g/mol. The third-order valence-electron chi connectivity index (χ3n) is 4.75. The summed E-state index contributed by atoms with van der Waals surface area (Å²) in [5, 5.41) is 13.6. The van der Waals surface area contributed by atoms with E-state index in [0.29, 0.717) is 13.1 Å². The number of benzene rings is 1. The summed E-state index contributed by atoms with van der Waals surface area (Å²) >= 11 is 0. The van der Waals surface area contributed by atoms with E-state index in [1.807, 2.05) is 13.0 Å². The Morgan fingerprint density at radius 2 is 1.96 bits per heavy atom. The molecule has 2 atom stereocenters. The summed E-state index contributed by atoms with van der Waals surface area (Å²) in [6, 6.07) is 7.69. The van der Waals surface area contributed by atoms with Crippen molar-refractivity contribution in [2.24, 2.45) is 5.92 Å².